The van der Waals surface area contributed by atoms with E-state index >= 15 is 0 Å². The fourth-order valence-electron chi connectivity index (χ4n) is 2.76. The molecule has 0 bridgehead atoms. The summed E-state index contributed by atoms with van der Waals surface area (Å²) in [6, 6.07) is 0.695. The van der Waals surface area contributed by atoms with Crippen molar-refractivity contribution in [3.8, 4) is 0 Å². The molecule has 15 heavy (non-hydrogen) atoms. The standard InChI is InChI=1S/C12H23NOS/c1-13-12(11-2-5-14-9-11)8-10-3-6-15-7-4-10/h10-13H,2-9H2,1H3. The van der Waals surface area contributed by atoms with Gasteiger partial charge in [0.25, 0.3) is 0 Å². The van der Waals surface area contributed by atoms with E-state index in [1.165, 1.54) is 37.2 Å². The van der Waals surface area contributed by atoms with Gasteiger partial charge in [-0.2, -0.15) is 11.8 Å². The van der Waals surface area contributed by atoms with Crippen LogP contribution in [-0.4, -0.2) is 37.8 Å². The van der Waals surface area contributed by atoms with Gasteiger partial charge < -0.3 is 10.1 Å². The van der Waals surface area contributed by atoms with Crippen LogP contribution in [-0.2, 0) is 4.74 Å². The van der Waals surface area contributed by atoms with Crippen LogP contribution in [0.1, 0.15) is 25.7 Å². The van der Waals surface area contributed by atoms with Gasteiger partial charge in [-0.15, -0.1) is 0 Å². The minimum absolute atomic E-state index is 0.695. The molecule has 0 aromatic rings. The lowest BCUT2D eigenvalue weighted by molar-refractivity contribution is 0.172. The van der Waals surface area contributed by atoms with Gasteiger partial charge in [-0.1, -0.05) is 0 Å². The SMILES string of the molecule is CNC(CC1CCSCC1)C1CCOC1. The molecule has 2 atom stereocenters. The zero-order valence-electron chi connectivity index (χ0n) is 9.71. The zero-order chi connectivity index (χ0) is 10.5. The molecular weight excluding hydrogens is 206 g/mol. The van der Waals surface area contributed by atoms with Crippen molar-refractivity contribution in [2.45, 2.75) is 31.7 Å². The number of hydrogen-bond donors (Lipinski definition) is 1. The summed E-state index contributed by atoms with van der Waals surface area (Å²) in [4.78, 5) is 0. The van der Waals surface area contributed by atoms with Gasteiger partial charge in [0, 0.05) is 12.6 Å². The van der Waals surface area contributed by atoms with Crippen LogP contribution < -0.4 is 5.32 Å². The molecule has 1 N–H and O–H groups in total. The summed E-state index contributed by atoms with van der Waals surface area (Å²) in [5.41, 5.74) is 0. The van der Waals surface area contributed by atoms with Gasteiger partial charge in [0.1, 0.15) is 0 Å². The Kier molecular flexibility index (Phi) is 4.79. The van der Waals surface area contributed by atoms with Gasteiger partial charge >= 0.3 is 0 Å². The molecule has 2 nitrogen and oxygen atoms in total. The van der Waals surface area contributed by atoms with E-state index in [2.05, 4.69) is 24.1 Å². The summed E-state index contributed by atoms with van der Waals surface area (Å²) in [5.74, 6) is 4.48. The lowest BCUT2D eigenvalue weighted by Crippen LogP contribution is -2.36. The lowest BCUT2D eigenvalue weighted by Gasteiger charge is -2.29. The van der Waals surface area contributed by atoms with Crippen molar-refractivity contribution in [3.05, 3.63) is 0 Å². The predicted octanol–water partition coefficient (Wildman–Crippen LogP) is 2.14. The minimum Gasteiger partial charge on any atom is -0.381 e. The van der Waals surface area contributed by atoms with E-state index in [-0.39, 0.29) is 0 Å². The van der Waals surface area contributed by atoms with Gasteiger partial charge in [-0.05, 0) is 56.1 Å². The second-order valence-electron chi connectivity index (χ2n) is 4.81. The van der Waals surface area contributed by atoms with Crippen LogP contribution in [0.4, 0.5) is 0 Å². The zero-order valence-corrected chi connectivity index (χ0v) is 10.5. The van der Waals surface area contributed by atoms with Crippen molar-refractivity contribution in [1.29, 1.82) is 0 Å². The van der Waals surface area contributed by atoms with E-state index in [4.69, 9.17) is 4.74 Å². The summed E-state index contributed by atoms with van der Waals surface area (Å²) < 4.78 is 5.48. The van der Waals surface area contributed by atoms with Gasteiger partial charge in [-0.3, -0.25) is 0 Å². The molecule has 0 aliphatic carbocycles. The summed E-state index contributed by atoms with van der Waals surface area (Å²) in [5, 5.41) is 3.50. The first-order valence-corrected chi connectivity index (χ1v) is 7.38. The van der Waals surface area contributed by atoms with Crippen LogP contribution in [0.5, 0.6) is 0 Å². The Morgan fingerprint density at radius 3 is 2.73 bits per heavy atom. The second-order valence-corrected chi connectivity index (χ2v) is 6.04. The highest BCUT2D eigenvalue weighted by molar-refractivity contribution is 7.99. The number of nitrogens with one attached hydrogen (secondary N) is 1. The van der Waals surface area contributed by atoms with E-state index in [9.17, 15) is 0 Å². The molecule has 0 aromatic heterocycles. The van der Waals surface area contributed by atoms with E-state index in [1.54, 1.807) is 0 Å². The maximum atomic E-state index is 5.48. The smallest absolute Gasteiger partial charge is 0.0510 e. The molecule has 0 aromatic carbocycles. The van der Waals surface area contributed by atoms with E-state index in [0.717, 1.165) is 25.0 Å². The van der Waals surface area contributed by atoms with Crippen LogP contribution in [0, 0.1) is 11.8 Å². The molecule has 0 amide bonds. The van der Waals surface area contributed by atoms with E-state index in [0.29, 0.717) is 6.04 Å². The van der Waals surface area contributed by atoms with Gasteiger partial charge in [-0.25, -0.2) is 0 Å². The first-order valence-electron chi connectivity index (χ1n) is 6.23. The van der Waals surface area contributed by atoms with Crippen LogP contribution in [0.3, 0.4) is 0 Å². The molecule has 88 valence electrons. The maximum Gasteiger partial charge on any atom is 0.0510 e. The Morgan fingerprint density at radius 2 is 2.13 bits per heavy atom. The molecule has 0 spiro atoms. The van der Waals surface area contributed by atoms with Crippen molar-refractivity contribution in [2.75, 3.05) is 31.8 Å². The fraction of sp³-hybridized carbons (Fsp3) is 1.00. The Labute approximate surface area is 97.5 Å². The average molecular weight is 229 g/mol. The highest BCUT2D eigenvalue weighted by Crippen LogP contribution is 2.29. The van der Waals surface area contributed by atoms with Crippen LogP contribution in [0.25, 0.3) is 0 Å². The van der Waals surface area contributed by atoms with Crippen LogP contribution in [0.15, 0.2) is 0 Å². The Bertz CT molecular complexity index is 176. The number of ether oxygens (including phenoxy) is 1. The third kappa shape index (κ3) is 3.36. The molecule has 3 heteroatoms. The first kappa shape index (κ1) is 11.7. The molecule has 2 aliphatic rings. The third-order valence-electron chi connectivity index (χ3n) is 3.83. The normalized spacial score (nSPS) is 30.6. The predicted molar refractivity (Wildman–Crippen MR) is 66.4 cm³/mol. The highest BCUT2D eigenvalue weighted by Gasteiger charge is 2.27. The minimum atomic E-state index is 0.695. The van der Waals surface area contributed by atoms with Gasteiger partial charge in [0.2, 0.25) is 0 Å². The van der Waals surface area contributed by atoms with E-state index < -0.39 is 0 Å². The summed E-state index contributed by atoms with van der Waals surface area (Å²) in [6.07, 6.45) is 5.48. The van der Waals surface area contributed by atoms with E-state index in [1.807, 2.05) is 0 Å². The van der Waals surface area contributed by atoms with Gasteiger partial charge in [0.15, 0.2) is 0 Å². The number of thioether (sulfide) groups is 1. The molecule has 2 saturated heterocycles. The van der Waals surface area contributed by atoms with Gasteiger partial charge in [0.05, 0.1) is 6.61 Å². The van der Waals surface area contributed by atoms with Crippen molar-refractivity contribution in [3.63, 3.8) is 0 Å². The van der Waals surface area contributed by atoms with Crippen LogP contribution >= 0.6 is 11.8 Å². The maximum absolute atomic E-state index is 5.48. The average Bonchev–Trinajstić information content (AvgIpc) is 2.81. The number of rotatable bonds is 4. The molecule has 2 fully saturated rings. The second kappa shape index (κ2) is 6.12. The Hall–Kier alpha value is 0.270. The third-order valence-corrected chi connectivity index (χ3v) is 4.88. The summed E-state index contributed by atoms with van der Waals surface area (Å²) >= 11 is 2.12. The fourth-order valence-corrected chi connectivity index (χ4v) is 3.96. The largest absolute Gasteiger partial charge is 0.381 e. The molecule has 2 unspecified atom stereocenters. The molecule has 2 rings (SSSR count). The topological polar surface area (TPSA) is 21.3 Å². The Morgan fingerprint density at radius 1 is 1.33 bits per heavy atom. The molecular formula is C12H23NOS. The van der Waals surface area contributed by atoms with Crippen molar-refractivity contribution < 1.29 is 4.74 Å². The van der Waals surface area contributed by atoms with Crippen molar-refractivity contribution in [2.24, 2.45) is 11.8 Å². The summed E-state index contributed by atoms with van der Waals surface area (Å²) in [6.45, 7) is 1.95. The molecule has 2 aliphatic heterocycles. The lowest BCUT2D eigenvalue weighted by atomic mass is 9.87. The quantitative estimate of drug-likeness (QED) is 0.798. The first-order chi connectivity index (χ1) is 7.40. The molecule has 0 radical (unpaired) electrons. The number of hydrogen-bond acceptors (Lipinski definition) is 3. The van der Waals surface area contributed by atoms with Crippen molar-refractivity contribution >= 4 is 11.8 Å². The molecule has 0 saturated carbocycles. The Balaban J connectivity index is 1.78. The molecule has 2 heterocycles. The monoisotopic (exact) mass is 229 g/mol. The highest BCUT2D eigenvalue weighted by atomic mass is 32.2. The van der Waals surface area contributed by atoms with Crippen LogP contribution in [0.2, 0.25) is 0 Å². The van der Waals surface area contributed by atoms with Crippen molar-refractivity contribution in [1.82, 2.24) is 5.32 Å². The summed E-state index contributed by atoms with van der Waals surface area (Å²) in [7, 11) is 2.11.